The highest BCUT2D eigenvalue weighted by Crippen LogP contribution is 2.33. The summed E-state index contributed by atoms with van der Waals surface area (Å²) in [5, 5.41) is 3.01. The van der Waals surface area contributed by atoms with Crippen molar-refractivity contribution >= 4 is 11.7 Å². The van der Waals surface area contributed by atoms with E-state index in [1.165, 1.54) is 13.0 Å². The molecule has 1 aromatic heterocycles. The van der Waals surface area contributed by atoms with Gasteiger partial charge in [0.25, 0.3) is 0 Å². The number of amides is 1. The van der Waals surface area contributed by atoms with Crippen LogP contribution in [0, 0.1) is 0 Å². The quantitative estimate of drug-likeness (QED) is 0.881. The van der Waals surface area contributed by atoms with Crippen LogP contribution in [-0.4, -0.2) is 60.3 Å². The van der Waals surface area contributed by atoms with Crippen molar-refractivity contribution in [2.24, 2.45) is 0 Å². The molecule has 2 aliphatic rings. The van der Waals surface area contributed by atoms with Crippen molar-refractivity contribution in [3.8, 4) is 0 Å². The van der Waals surface area contributed by atoms with Crippen molar-refractivity contribution in [2.75, 3.05) is 38.2 Å². The topological polar surface area (TPSA) is 63.7 Å². The van der Waals surface area contributed by atoms with Gasteiger partial charge in [0, 0.05) is 26.2 Å². The first-order valence-electron chi connectivity index (χ1n) is 8.56. The minimum Gasteiger partial charge on any atom is -0.377 e. The van der Waals surface area contributed by atoms with Crippen LogP contribution in [0.15, 0.2) is 18.3 Å². The van der Waals surface area contributed by atoms with Crippen molar-refractivity contribution in [3.05, 3.63) is 23.9 Å². The van der Waals surface area contributed by atoms with Gasteiger partial charge in [0.15, 0.2) is 0 Å². The molecular weight excluding hydrogens is 351 g/mol. The number of anilines is 1. The summed E-state index contributed by atoms with van der Waals surface area (Å²) >= 11 is 0. The summed E-state index contributed by atoms with van der Waals surface area (Å²) in [7, 11) is 0. The molecule has 2 aliphatic heterocycles. The Morgan fingerprint density at radius 2 is 2.27 bits per heavy atom. The SMILES string of the molecule is CC(=O)N1CCOC[C@@]2(CC[C@@H](CNc3ccc(C(F)(F)F)cn3)O2)C1. The summed E-state index contributed by atoms with van der Waals surface area (Å²) in [4.78, 5) is 17.2. The van der Waals surface area contributed by atoms with Gasteiger partial charge in [-0.15, -0.1) is 0 Å². The van der Waals surface area contributed by atoms with Crippen LogP contribution in [0.25, 0.3) is 0 Å². The largest absolute Gasteiger partial charge is 0.417 e. The third-order valence-electron chi connectivity index (χ3n) is 4.74. The number of hydrogen-bond donors (Lipinski definition) is 1. The molecule has 3 rings (SSSR count). The third-order valence-corrected chi connectivity index (χ3v) is 4.74. The Hall–Kier alpha value is -1.87. The zero-order valence-corrected chi connectivity index (χ0v) is 14.5. The maximum atomic E-state index is 12.6. The van der Waals surface area contributed by atoms with Crippen molar-refractivity contribution in [1.29, 1.82) is 0 Å². The molecule has 2 fully saturated rings. The monoisotopic (exact) mass is 373 g/mol. The van der Waals surface area contributed by atoms with Crippen LogP contribution >= 0.6 is 0 Å². The second kappa shape index (κ2) is 7.40. The molecule has 144 valence electrons. The van der Waals surface area contributed by atoms with E-state index in [4.69, 9.17) is 9.47 Å². The smallest absolute Gasteiger partial charge is 0.377 e. The molecule has 2 saturated heterocycles. The van der Waals surface area contributed by atoms with Gasteiger partial charge in [-0.05, 0) is 25.0 Å². The fraction of sp³-hybridized carbons (Fsp3) is 0.647. The molecule has 1 spiro atoms. The van der Waals surface area contributed by atoms with Crippen LogP contribution in [0.1, 0.15) is 25.3 Å². The molecule has 0 radical (unpaired) electrons. The van der Waals surface area contributed by atoms with E-state index in [0.717, 1.165) is 25.1 Å². The molecule has 0 saturated carbocycles. The molecule has 3 heterocycles. The molecule has 1 amide bonds. The Labute approximate surface area is 149 Å². The number of hydrogen-bond acceptors (Lipinski definition) is 5. The Bertz CT molecular complexity index is 638. The lowest BCUT2D eigenvalue weighted by Crippen LogP contribution is -2.46. The Kier molecular flexibility index (Phi) is 5.38. The van der Waals surface area contributed by atoms with Crippen molar-refractivity contribution in [2.45, 2.75) is 37.6 Å². The van der Waals surface area contributed by atoms with E-state index in [0.29, 0.717) is 38.7 Å². The maximum Gasteiger partial charge on any atom is 0.417 e. The minimum atomic E-state index is -4.39. The lowest BCUT2D eigenvalue weighted by atomic mass is 10.00. The van der Waals surface area contributed by atoms with Gasteiger partial charge in [0.1, 0.15) is 11.4 Å². The summed E-state index contributed by atoms with van der Waals surface area (Å²) in [6, 6.07) is 2.30. The molecule has 1 aromatic rings. The second-order valence-electron chi connectivity index (χ2n) is 6.77. The summed E-state index contributed by atoms with van der Waals surface area (Å²) in [6.45, 7) is 3.94. The number of nitrogens with zero attached hydrogens (tertiary/aromatic N) is 2. The standard InChI is InChI=1S/C17H22F3N3O3/c1-12(24)23-6-7-25-11-16(10-23)5-4-14(26-16)9-22-15-3-2-13(8-21-15)17(18,19)20/h2-3,8,14H,4-7,9-11H2,1H3,(H,21,22)/t14-,16+/m0/s1. The molecular formula is C17H22F3N3O3. The zero-order chi connectivity index (χ0) is 18.8. The van der Waals surface area contributed by atoms with Crippen LogP contribution in [0.2, 0.25) is 0 Å². The molecule has 26 heavy (non-hydrogen) atoms. The predicted molar refractivity (Wildman–Crippen MR) is 87.6 cm³/mol. The highest BCUT2D eigenvalue weighted by atomic mass is 19.4. The van der Waals surface area contributed by atoms with Crippen LogP contribution < -0.4 is 5.32 Å². The van der Waals surface area contributed by atoms with E-state index >= 15 is 0 Å². The van der Waals surface area contributed by atoms with E-state index in [-0.39, 0.29) is 12.0 Å². The van der Waals surface area contributed by atoms with E-state index in [2.05, 4.69) is 10.3 Å². The van der Waals surface area contributed by atoms with Crippen LogP contribution in [0.5, 0.6) is 0 Å². The average Bonchev–Trinajstić information content (AvgIpc) is 2.85. The molecule has 1 N–H and O–H groups in total. The first-order valence-corrected chi connectivity index (χ1v) is 8.56. The fourth-order valence-corrected chi connectivity index (χ4v) is 3.32. The number of rotatable bonds is 3. The van der Waals surface area contributed by atoms with Crippen molar-refractivity contribution in [3.63, 3.8) is 0 Å². The number of nitrogens with one attached hydrogen (secondary N) is 1. The van der Waals surface area contributed by atoms with Crippen LogP contribution in [-0.2, 0) is 20.4 Å². The van der Waals surface area contributed by atoms with Gasteiger partial charge >= 0.3 is 6.18 Å². The van der Waals surface area contributed by atoms with Gasteiger partial charge < -0.3 is 19.7 Å². The summed E-state index contributed by atoms with van der Waals surface area (Å²) < 4.78 is 49.4. The highest BCUT2D eigenvalue weighted by Gasteiger charge is 2.43. The highest BCUT2D eigenvalue weighted by molar-refractivity contribution is 5.73. The zero-order valence-electron chi connectivity index (χ0n) is 14.5. The average molecular weight is 373 g/mol. The van der Waals surface area contributed by atoms with Crippen LogP contribution in [0.4, 0.5) is 19.0 Å². The number of pyridine rings is 1. The van der Waals surface area contributed by atoms with Gasteiger partial charge in [-0.2, -0.15) is 13.2 Å². The second-order valence-corrected chi connectivity index (χ2v) is 6.77. The lowest BCUT2D eigenvalue weighted by molar-refractivity contribution is -0.137. The molecule has 0 aromatic carbocycles. The first-order chi connectivity index (χ1) is 12.3. The van der Waals surface area contributed by atoms with Crippen molar-refractivity contribution in [1.82, 2.24) is 9.88 Å². The van der Waals surface area contributed by atoms with E-state index in [9.17, 15) is 18.0 Å². The van der Waals surface area contributed by atoms with Gasteiger partial charge in [0.05, 0.1) is 31.4 Å². The number of carbonyl (C=O) groups is 1. The lowest BCUT2D eigenvalue weighted by Gasteiger charge is -2.31. The normalized spacial score (nSPS) is 26.8. The Morgan fingerprint density at radius 3 is 2.92 bits per heavy atom. The van der Waals surface area contributed by atoms with Crippen LogP contribution in [0.3, 0.4) is 0 Å². The fourth-order valence-electron chi connectivity index (χ4n) is 3.32. The third kappa shape index (κ3) is 4.45. The summed E-state index contributed by atoms with van der Waals surface area (Å²) in [6.07, 6.45) is -2.15. The molecule has 2 atom stereocenters. The van der Waals surface area contributed by atoms with E-state index in [1.54, 1.807) is 4.90 Å². The minimum absolute atomic E-state index is 0.00555. The Balaban J connectivity index is 1.55. The van der Waals surface area contributed by atoms with Gasteiger partial charge in [-0.3, -0.25) is 4.79 Å². The predicted octanol–water partition coefficient (Wildman–Crippen LogP) is 2.31. The number of ether oxygens (including phenoxy) is 2. The molecule has 0 unspecified atom stereocenters. The van der Waals surface area contributed by atoms with Gasteiger partial charge in [0.2, 0.25) is 5.91 Å². The van der Waals surface area contributed by atoms with Gasteiger partial charge in [-0.1, -0.05) is 0 Å². The van der Waals surface area contributed by atoms with Gasteiger partial charge in [-0.25, -0.2) is 4.98 Å². The maximum absolute atomic E-state index is 12.6. The number of carbonyl (C=O) groups excluding carboxylic acids is 1. The summed E-state index contributed by atoms with van der Waals surface area (Å²) in [5.74, 6) is 0.360. The molecule has 6 nitrogen and oxygen atoms in total. The van der Waals surface area contributed by atoms with E-state index in [1.807, 2.05) is 0 Å². The Morgan fingerprint density at radius 1 is 1.46 bits per heavy atom. The summed E-state index contributed by atoms with van der Waals surface area (Å²) in [5.41, 5.74) is -1.29. The number of aromatic nitrogens is 1. The molecule has 9 heteroatoms. The number of alkyl halides is 3. The first kappa shape index (κ1) is 18.9. The molecule has 0 bridgehead atoms. The van der Waals surface area contributed by atoms with Crippen molar-refractivity contribution < 1.29 is 27.4 Å². The molecule has 0 aliphatic carbocycles. The van der Waals surface area contributed by atoms with E-state index < -0.39 is 17.3 Å². The number of halogens is 3.